The SMILES string of the molecule is CCCN(OCCNC(=O)OCCOCCOCCOCCOCCOCCOCCOCCOCCOCCOCCNC(=O)CN1C(=O)C=CC1=O)C(=O)C1=Cc2ccc(-c3nn[nH]n3)cc2N=C(N)C1. The number of carbonyl (C=O) groups excluding carboxylic acids is 5. The highest BCUT2D eigenvalue weighted by molar-refractivity contribution is 6.14. The Morgan fingerprint density at radius 3 is 1.66 bits per heavy atom. The van der Waals surface area contributed by atoms with Gasteiger partial charge in [-0.05, 0) is 23.8 Å². The number of aromatic amines is 1. The van der Waals surface area contributed by atoms with Gasteiger partial charge >= 0.3 is 6.09 Å². The second-order valence-corrected chi connectivity index (χ2v) is 15.3. The molecule has 2 aromatic rings. The van der Waals surface area contributed by atoms with Crippen LogP contribution in [0.2, 0.25) is 0 Å². The predicted molar refractivity (Wildman–Crippen MR) is 258 cm³/mol. The lowest BCUT2D eigenvalue weighted by Gasteiger charge is -2.22. The van der Waals surface area contributed by atoms with E-state index >= 15 is 0 Å². The van der Waals surface area contributed by atoms with Crippen LogP contribution >= 0.6 is 0 Å². The molecule has 0 spiro atoms. The number of H-pyrrole nitrogens is 1. The predicted octanol–water partition coefficient (Wildman–Crippen LogP) is -0.254. The number of tetrazole rings is 1. The Hall–Kier alpha value is -5.85. The molecule has 27 heteroatoms. The summed E-state index contributed by atoms with van der Waals surface area (Å²) in [5.41, 5.74) is 8.56. The fourth-order valence-electron chi connectivity index (χ4n) is 6.22. The van der Waals surface area contributed by atoms with Crippen LogP contribution in [-0.4, -0.2) is 238 Å². The van der Waals surface area contributed by atoms with Gasteiger partial charge in [-0.25, -0.2) is 14.9 Å². The van der Waals surface area contributed by atoms with Crippen LogP contribution in [0.1, 0.15) is 25.3 Å². The van der Waals surface area contributed by atoms with Gasteiger partial charge in [-0.2, -0.15) is 5.21 Å². The molecule has 73 heavy (non-hydrogen) atoms. The summed E-state index contributed by atoms with van der Waals surface area (Å²) >= 11 is 0. The van der Waals surface area contributed by atoms with Gasteiger partial charge in [0.25, 0.3) is 17.7 Å². The third kappa shape index (κ3) is 26.1. The van der Waals surface area contributed by atoms with Gasteiger partial charge in [0.2, 0.25) is 11.7 Å². The number of alkyl carbamates (subject to hydrolysis) is 1. The minimum Gasteiger partial charge on any atom is -0.447 e. The summed E-state index contributed by atoms with van der Waals surface area (Å²) in [6.45, 7) is 10.2. The van der Waals surface area contributed by atoms with E-state index in [-0.39, 0.29) is 64.2 Å². The molecule has 0 unspecified atom stereocenters. The van der Waals surface area contributed by atoms with Crippen molar-refractivity contribution in [3.8, 4) is 11.4 Å². The molecule has 0 atom stereocenters. The van der Waals surface area contributed by atoms with Crippen LogP contribution in [0.3, 0.4) is 0 Å². The number of nitrogens with two attached hydrogens (primary N) is 1. The van der Waals surface area contributed by atoms with Crippen LogP contribution in [0.25, 0.3) is 17.5 Å². The van der Waals surface area contributed by atoms with Crippen LogP contribution in [0.15, 0.2) is 40.9 Å². The summed E-state index contributed by atoms with van der Waals surface area (Å²) in [5.74, 6) is -1.12. The molecule has 4 rings (SSSR count). The first-order chi connectivity index (χ1) is 35.7. The number of imide groups is 1. The van der Waals surface area contributed by atoms with Crippen molar-refractivity contribution in [2.45, 2.75) is 19.8 Å². The number of hydroxylamine groups is 2. The van der Waals surface area contributed by atoms with E-state index in [1.807, 2.05) is 19.1 Å². The Labute approximate surface area is 423 Å². The number of rotatable bonds is 43. The first-order valence-corrected chi connectivity index (χ1v) is 24.1. The number of amidine groups is 1. The van der Waals surface area contributed by atoms with Crippen molar-refractivity contribution >= 4 is 47.3 Å². The number of aromatic nitrogens is 4. The summed E-state index contributed by atoms with van der Waals surface area (Å²) < 4.78 is 59.8. The van der Waals surface area contributed by atoms with E-state index in [1.54, 1.807) is 12.1 Å². The molecular formula is C46H70N10O17. The molecule has 27 nitrogen and oxygen atoms in total. The first-order valence-electron chi connectivity index (χ1n) is 24.1. The van der Waals surface area contributed by atoms with Crippen molar-refractivity contribution in [3.63, 3.8) is 0 Å². The Morgan fingerprint density at radius 1 is 0.671 bits per heavy atom. The largest absolute Gasteiger partial charge is 0.447 e. The lowest BCUT2D eigenvalue weighted by atomic mass is 10.0. The van der Waals surface area contributed by atoms with E-state index in [9.17, 15) is 24.0 Å². The Morgan fingerprint density at radius 2 is 1.16 bits per heavy atom. The minimum absolute atomic E-state index is 0.0335. The van der Waals surface area contributed by atoms with Crippen molar-refractivity contribution in [2.75, 3.05) is 172 Å². The summed E-state index contributed by atoms with van der Waals surface area (Å²) in [4.78, 5) is 71.4. The van der Waals surface area contributed by atoms with E-state index in [0.29, 0.717) is 160 Å². The van der Waals surface area contributed by atoms with Crippen molar-refractivity contribution < 1.29 is 80.9 Å². The van der Waals surface area contributed by atoms with Crippen LogP contribution < -0.4 is 16.4 Å². The maximum Gasteiger partial charge on any atom is 0.407 e. The lowest BCUT2D eigenvalue weighted by molar-refractivity contribution is -0.181. The van der Waals surface area contributed by atoms with Gasteiger partial charge < -0.3 is 68.5 Å². The zero-order valence-corrected chi connectivity index (χ0v) is 41.5. The molecule has 406 valence electrons. The van der Waals surface area contributed by atoms with E-state index in [4.69, 9.17) is 62.7 Å². The molecule has 5 N–H and O–H groups in total. The second-order valence-electron chi connectivity index (χ2n) is 15.3. The summed E-state index contributed by atoms with van der Waals surface area (Å²) in [5, 5.41) is 20.4. The number of nitrogens with one attached hydrogen (secondary N) is 3. The summed E-state index contributed by atoms with van der Waals surface area (Å²) in [7, 11) is 0. The Balaban J connectivity index is 0.819. The first kappa shape index (κ1) is 59.7. The number of amides is 5. The quantitative estimate of drug-likeness (QED) is 0.0378. The average Bonchev–Trinajstić information content (AvgIpc) is 4.00. The van der Waals surface area contributed by atoms with Crippen molar-refractivity contribution in [2.24, 2.45) is 10.7 Å². The highest BCUT2D eigenvalue weighted by Crippen LogP contribution is 2.31. The third-order valence-corrected chi connectivity index (χ3v) is 9.73. The molecule has 0 saturated carbocycles. The third-order valence-electron chi connectivity index (χ3n) is 9.73. The molecule has 0 fully saturated rings. The van der Waals surface area contributed by atoms with Gasteiger partial charge in [-0.1, -0.05) is 19.1 Å². The van der Waals surface area contributed by atoms with Gasteiger partial charge in [-0.15, -0.1) is 10.2 Å². The van der Waals surface area contributed by atoms with Gasteiger partial charge in [0.1, 0.15) is 19.0 Å². The maximum absolute atomic E-state index is 13.5. The Bertz CT molecular complexity index is 1990. The van der Waals surface area contributed by atoms with Crippen LogP contribution in [0.5, 0.6) is 0 Å². The number of ether oxygens (including phenoxy) is 11. The molecule has 2 aliphatic heterocycles. The van der Waals surface area contributed by atoms with E-state index in [0.717, 1.165) is 17.1 Å². The number of carbonyl (C=O) groups is 5. The zero-order valence-electron chi connectivity index (χ0n) is 41.5. The maximum atomic E-state index is 13.5. The number of fused-ring (bicyclic) bond motifs is 1. The van der Waals surface area contributed by atoms with Gasteiger partial charge in [-0.3, -0.25) is 28.9 Å². The molecule has 0 bridgehead atoms. The van der Waals surface area contributed by atoms with Crippen LogP contribution in [-0.2, 0) is 76.1 Å². The normalized spacial score (nSPS) is 13.2. The lowest BCUT2D eigenvalue weighted by Crippen LogP contribution is -2.41. The van der Waals surface area contributed by atoms with Crippen LogP contribution in [0.4, 0.5) is 10.5 Å². The average molecular weight is 1040 g/mol. The van der Waals surface area contributed by atoms with Crippen molar-refractivity contribution in [3.05, 3.63) is 41.5 Å². The molecule has 0 radical (unpaired) electrons. The number of aliphatic imine (C=N–C) groups is 1. The molecule has 0 aliphatic carbocycles. The standard InChI is InChI=1S/C46H70N10O17/c1-2-9-56(45(60)38-32-36-3-4-37(44-51-53-54-52-44)33-39(36)50-40(47)34-38)73-11-8-49-46(61)72-31-30-71-29-28-70-27-26-69-25-24-68-23-22-67-21-20-66-19-18-65-17-16-64-15-14-63-13-12-62-10-7-48-41(57)35-55-42(58)5-6-43(55)59/h3-6,32-33H,2,7-31,34-35H2,1H3,(H2,47,50)(H,48,57)(H,49,61)(H,51,52,53,54). The minimum atomic E-state index is -0.640. The number of hydrogen-bond donors (Lipinski definition) is 4. The molecule has 5 amide bonds. The van der Waals surface area contributed by atoms with Gasteiger partial charge in [0.05, 0.1) is 144 Å². The van der Waals surface area contributed by atoms with E-state index in [1.165, 1.54) is 5.06 Å². The second kappa shape index (κ2) is 37.8. The summed E-state index contributed by atoms with van der Waals surface area (Å²) in [6, 6.07) is 5.39. The molecule has 0 saturated heterocycles. The fourth-order valence-corrected chi connectivity index (χ4v) is 6.22. The topological polar surface area (TPSA) is 319 Å². The van der Waals surface area contributed by atoms with E-state index in [2.05, 4.69) is 36.3 Å². The number of benzene rings is 1. The van der Waals surface area contributed by atoms with Crippen LogP contribution in [0, 0.1) is 0 Å². The fraction of sp³-hybridized carbons (Fsp3) is 0.630. The van der Waals surface area contributed by atoms with Crippen molar-refractivity contribution in [1.82, 2.24) is 41.2 Å². The monoisotopic (exact) mass is 1030 g/mol. The number of nitrogens with zero attached hydrogens (tertiary/aromatic N) is 6. The molecule has 1 aromatic carbocycles. The molecule has 3 heterocycles. The zero-order chi connectivity index (χ0) is 52.0. The highest BCUT2D eigenvalue weighted by Gasteiger charge is 2.26. The van der Waals surface area contributed by atoms with Gasteiger partial charge in [0, 0.05) is 54.9 Å². The smallest absolute Gasteiger partial charge is 0.407 e. The Kier molecular flexibility index (Phi) is 30.9. The number of hydrogen-bond acceptors (Lipinski definition) is 22. The molecular weight excluding hydrogens is 965 g/mol. The molecule has 2 aliphatic rings. The van der Waals surface area contributed by atoms with Crippen molar-refractivity contribution in [1.29, 1.82) is 0 Å². The molecule has 1 aromatic heterocycles. The summed E-state index contributed by atoms with van der Waals surface area (Å²) in [6.07, 6.45) is 4.13. The van der Waals surface area contributed by atoms with E-state index < -0.39 is 23.8 Å². The highest BCUT2D eigenvalue weighted by atomic mass is 16.7. The van der Waals surface area contributed by atoms with Gasteiger partial charge in [0.15, 0.2) is 0 Å².